The van der Waals surface area contributed by atoms with Crippen molar-refractivity contribution in [3.05, 3.63) is 64.8 Å². The summed E-state index contributed by atoms with van der Waals surface area (Å²) in [5, 5.41) is 8.94. The molecule has 2 aromatic heterocycles. The summed E-state index contributed by atoms with van der Waals surface area (Å²) >= 11 is 0. The highest BCUT2D eigenvalue weighted by molar-refractivity contribution is 6.04. The number of nitrogens with one attached hydrogen (secondary N) is 4. The molecule has 0 radical (unpaired) electrons. The number of piperazine rings is 1. The normalized spacial score (nSPS) is 13.7. The summed E-state index contributed by atoms with van der Waals surface area (Å²) < 4.78 is 0. The van der Waals surface area contributed by atoms with E-state index in [1.807, 2.05) is 12.1 Å². The lowest BCUT2D eigenvalue weighted by Gasteiger charge is -2.29. The molecule has 0 bridgehead atoms. The molecule has 0 atom stereocenters. The molecule has 4 rings (SSSR count). The fourth-order valence-corrected chi connectivity index (χ4v) is 3.29. The van der Waals surface area contributed by atoms with Crippen LogP contribution in [0, 0.1) is 0 Å². The third kappa shape index (κ3) is 4.31. The molecule has 1 aliphatic rings. The Balaban J connectivity index is 1.52. The predicted octanol–water partition coefficient (Wildman–Crippen LogP) is 1.54. The number of pyridine rings is 1. The maximum atomic E-state index is 12.7. The largest absolute Gasteiger partial charge is 0.372 e. The van der Waals surface area contributed by atoms with Crippen LogP contribution in [-0.4, -0.2) is 54.1 Å². The minimum absolute atomic E-state index is 0.153. The molecule has 154 valence electrons. The lowest BCUT2D eigenvalue weighted by atomic mass is 10.1. The summed E-state index contributed by atoms with van der Waals surface area (Å²) in [5.74, 6) is 0.258. The molecular weight excluding hydrogens is 382 g/mol. The van der Waals surface area contributed by atoms with E-state index < -0.39 is 0 Å². The molecule has 0 saturated carbocycles. The first-order valence-corrected chi connectivity index (χ1v) is 9.74. The molecule has 0 spiro atoms. The van der Waals surface area contributed by atoms with Crippen LogP contribution in [0.25, 0.3) is 11.3 Å². The van der Waals surface area contributed by atoms with Gasteiger partial charge in [-0.3, -0.25) is 14.6 Å². The molecule has 1 aliphatic heterocycles. The number of anilines is 3. The third-order valence-electron chi connectivity index (χ3n) is 4.95. The Morgan fingerprint density at radius 3 is 2.63 bits per heavy atom. The zero-order valence-electron chi connectivity index (χ0n) is 16.6. The highest BCUT2D eigenvalue weighted by Crippen LogP contribution is 2.20. The van der Waals surface area contributed by atoms with Crippen LogP contribution in [0.2, 0.25) is 0 Å². The third-order valence-corrected chi connectivity index (χ3v) is 4.95. The van der Waals surface area contributed by atoms with Crippen molar-refractivity contribution < 1.29 is 4.79 Å². The number of carbonyl (C=O) groups is 1. The summed E-state index contributed by atoms with van der Waals surface area (Å²) in [7, 11) is 1.75. The first kappa shape index (κ1) is 19.6. The van der Waals surface area contributed by atoms with E-state index in [-0.39, 0.29) is 17.2 Å². The van der Waals surface area contributed by atoms with Crippen molar-refractivity contribution in [3.63, 3.8) is 0 Å². The fourth-order valence-electron chi connectivity index (χ4n) is 3.29. The Kier molecular flexibility index (Phi) is 5.71. The number of rotatable bonds is 5. The number of hydrogen-bond acceptors (Lipinski definition) is 7. The van der Waals surface area contributed by atoms with Gasteiger partial charge in [0.1, 0.15) is 11.5 Å². The van der Waals surface area contributed by atoms with Crippen LogP contribution in [0.5, 0.6) is 0 Å². The predicted molar refractivity (Wildman–Crippen MR) is 117 cm³/mol. The zero-order valence-corrected chi connectivity index (χ0v) is 16.6. The van der Waals surface area contributed by atoms with Crippen LogP contribution >= 0.6 is 0 Å². The van der Waals surface area contributed by atoms with E-state index in [0.717, 1.165) is 31.9 Å². The number of benzene rings is 1. The van der Waals surface area contributed by atoms with E-state index in [1.54, 1.807) is 43.8 Å². The highest BCUT2D eigenvalue weighted by atomic mass is 16.2. The summed E-state index contributed by atoms with van der Waals surface area (Å²) in [6.07, 6.45) is 4.74. The van der Waals surface area contributed by atoms with Gasteiger partial charge in [-0.25, -0.2) is 4.98 Å². The molecule has 30 heavy (non-hydrogen) atoms. The first-order valence-electron chi connectivity index (χ1n) is 9.74. The molecule has 3 aromatic rings. The Labute approximate surface area is 173 Å². The van der Waals surface area contributed by atoms with E-state index in [4.69, 9.17) is 0 Å². The van der Waals surface area contributed by atoms with Crippen molar-refractivity contribution in [1.82, 2.24) is 20.3 Å². The maximum Gasteiger partial charge on any atom is 0.271 e. The second kappa shape index (κ2) is 8.75. The van der Waals surface area contributed by atoms with E-state index in [9.17, 15) is 9.59 Å². The second-order valence-electron chi connectivity index (χ2n) is 6.91. The van der Waals surface area contributed by atoms with Gasteiger partial charge in [0.2, 0.25) is 0 Å². The monoisotopic (exact) mass is 405 g/mol. The average molecular weight is 405 g/mol. The van der Waals surface area contributed by atoms with Gasteiger partial charge in [0.25, 0.3) is 11.5 Å². The van der Waals surface area contributed by atoms with Gasteiger partial charge < -0.3 is 25.8 Å². The van der Waals surface area contributed by atoms with Crippen LogP contribution < -0.4 is 26.4 Å². The van der Waals surface area contributed by atoms with E-state index >= 15 is 0 Å². The molecule has 1 aromatic carbocycles. The van der Waals surface area contributed by atoms with Crippen molar-refractivity contribution in [2.75, 3.05) is 48.8 Å². The van der Waals surface area contributed by atoms with Crippen molar-refractivity contribution in [2.45, 2.75) is 0 Å². The van der Waals surface area contributed by atoms with Gasteiger partial charge in [-0.15, -0.1) is 0 Å². The van der Waals surface area contributed by atoms with Gasteiger partial charge in [0.15, 0.2) is 0 Å². The number of nitrogens with zero attached hydrogens (tertiary/aromatic N) is 3. The molecule has 3 heterocycles. The van der Waals surface area contributed by atoms with Crippen LogP contribution in [-0.2, 0) is 0 Å². The van der Waals surface area contributed by atoms with Crippen LogP contribution in [0.4, 0.5) is 17.2 Å². The Morgan fingerprint density at radius 2 is 1.90 bits per heavy atom. The van der Waals surface area contributed by atoms with E-state index in [1.165, 1.54) is 0 Å². The summed E-state index contributed by atoms with van der Waals surface area (Å²) in [6, 6.07) is 8.99. The van der Waals surface area contributed by atoms with Crippen LogP contribution in [0.1, 0.15) is 10.4 Å². The molecule has 1 fully saturated rings. The van der Waals surface area contributed by atoms with Crippen molar-refractivity contribution in [3.8, 4) is 11.3 Å². The van der Waals surface area contributed by atoms with Gasteiger partial charge >= 0.3 is 0 Å². The molecule has 0 aliphatic carbocycles. The molecular formula is C21H23N7O2. The second-order valence-corrected chi connectivity index (χ2v) is 6.91. The topological polar surface area (TPSA) is 115 Å². The molecule has 9 heteroatoms. The lowest BCUT2D eigenvalue weighted by Crippen LogP contribution is -2.43. The minimum atomic E-state index is -0.387. The standard InChI is InChI=1S/C21H23N7O2/c1-22-19-13-24-12-18(26-19)15-10-17(21(30)25-11-15)27-20(29)14-2-4-16(5-3-14)28-8-6-23-7-9-28/h2-5,10-13,23H,6-9H2,1H3,(H,22,26)(H,25,30)(H,27,29). The summed E-state index contributed by atoms with van der Waals surface area (Å²) in [5.41, 5.74) is 2.55. The van der Waals surface area contributed by atoms with Gasteiger partial charge in [0, 0.05) is 56.2 Å². The SMILES string of the molecule is CNc1cncc(-c2c[nH]c(=O)c(NC(=O)c3ccc(N4CCNCC4)cc3)c2)n1. The first-order chi connectivity index (χ1) is 14.6. The van der Waals surface area contributed by atoms with Crippen molar-refractivity contribution >= 4 is 23.1 Å². The number of amides is 1. The van der Waals surface area contributed by atoms with Gasteiger partial charge in [-0.2, -0.15) is 0 Å². The number of hydrogen-bond donors (Lipinski definition) is 4. The van der Waals surface area contributed by atoms with Gasteiger partial charge in [0.05, 0.1) is 18.1 Å². The number of aromatic amines is 1. The Hall–Kier alpha value is -3.72. The quantitative estimate of drug-likeness (QED) is 0.509. The smallest absolute Gasteiger partial charge is 0.271 e. The van der Waals surface area contributed by atoms with Gasteiger partial charge in [-0.1, -0.05) is 0 Å². The Bertz CT molecular complexity index is 1090. The van der Waals surface area contributed by atoms with Gasteiger partial charge in [-0.05, 0) is 30.3 Å². The fraction of sp³-hybridized carbons (Fsp3) is 0.238. The van der Waals surface area contributed by atoms with E-state index in [0.29, 0.717) is 22.6 Å². The molecule has 1 saturated heterocycles. The number of aromatic nitrogens is 3. The maximum absolute atomic E-state index is 12.7. The zero-order chi connectivity index (χ0) is 20.9. The average Bonchev–Trinajstić information content (AvgIpc) is 2.81. The van der Waals surface area contributed by atoms with E-state index in [2.05, 4.69) is 35.8 Å². The number of H-pyrrole nitrogens is 1. The summed E-state index contributed by atoms with van der Waals surface area (Å²) in [4.78, 5) is 38.3. The van der Waals surface area contributed by atoms with Crippen molar-refractivity contribution in [1.29, 1.82) is 0 Å². The molecule has 0 unspecified atom stereocenters. The van der Waals surface area contributed by atoms with Crippen LogP contribution in [0.3, 0.4) is 0 Å². The van der Waals surface area contributed by atoms with Crippen LogP contribution in [0.15, 0.2) is 53.7 Å². The highest BCUT2D eigenvalue weighted by Gasteiger charge is 2.13. The molecule has 9 nitrogen and oxygen atoms in total. The lowest BCUT2D eigenvalue weighted by molar-refractivity contribution is 0.102. The Morgan fingerprint density at radius 1 is 1.13 bits per heavy atom. The minimum Gasteiger partial charge on any atom is -0.372 e. The van der Waals surface area contributed by atoms with Crippen molar-refractivity contribution in [2.24, 2.45) is 0 Å². The molecule has 4 N–H and O–H groups in total. The molecule has 1 amide bonds. The summed E-state index contributed by atoms with van der Waals surface area (Å²) in [6.45, 7) is 3.77. The number of carbonyl (C=O) groups excluding carboxylic acids is 1.